The lowest BCUT2D eigenvalue weighted by molar-refractivity contribution is -0.151. The Hall–Kier alpha value is -1.31. The summed E-state index contributed by atoms with van der Waals surface area (Å²) in [5.74, 6) is 0.737. The van der Waals surface area contributed by atoms with Crippen LogP contribution in [0.25, 0.3) is 0 Å². The predicted octanol–water partition coefficient (Wildman–Crippen LogP) is 4.02. The molecule has 2 nitrogen and oxygen atoms in total. The maximum absolute atomic E-state index is 11.8. The quantitative estimate of drug-likeness (QED) is 0.736. The zero-order valence-electron chi connectivity index (χ0n) is 12.1. The van der Waals surface area contributed by atoms with Crippen molar-refractivity contribution >= 4 is 5.97 Å². The van der Waals surface area contributed by atoms with E-state index in [0.717, 1.165) is 6.42 Å². The van der Waals surface area contributed by atoms with Crippen LogP contribution in [0.3, 0.4) is 0 Å². The van der Waals surface area contributed by atoms with Gasteiger partial charge in [-0.15, -0.1) is 0 Å². The van der Waals surface area contributed by atoms with Crippen LogP contribution in [0.4, 0.5) is 0 Å². The fourth-order valence-corrected chi connectivity index (χ4v) is 2.35. The average molecular weight is 248 g/mol. The molecule has 2 heteroatoms. The molecule has 100 valence electrons. The molecule has 0 fully saturated rings. The van der Waals surface area contributed by atoms with Gasteiger partial charge in [0, 0.05) is 0 Å². The third kappa shape index (κ3) is 3.59. The van der Waals surface area contributed by atoms with Crippen molar-refractivity contribution in [1.82, 2.24) is 0 Å². The first-order valence-corrected chi connectivity index (χ1v) is 6.52. The summed E-state index contributed by atoms with van der Waals surface area (Å²) in [6.07, 6.45) is 0.807. The molecule has 0 bridgehead atoms. The van der Waals surface area contributed by atoms with Crippen LogP contribution >= 0.6 is 0 Å². The van der Waals surface area contributed by atoms with E-state index in [4.69, 9.17) is 4.74 Å². The molecule has 1 aromatic rings. The van der Waals surface area contributed by atoms with Crippen molar-refractivity contribution in [2.75, 3.05) is 7.11 Å². The summed E-state index contributed by atoms with van der Waals surface area (Å²) in [7, 11) is 1.46. The standard InChI is InChI=1S/C16H24O2/c1-12(2)14(13-9-7-6-8-10-13)11-16(3,4)15(17)18-5/h6-10,12,14H,11H2,1-5H3. The van der Waals surface area contributed by atoms with Crippen LogP contribution in [0.15, 0.2) is 30.3 Å². The SMILES string of the molecule is COC(=O)C(C)(C)CC(c1ccccc1)C(C)C. The second-order valence-corrected chi connectivity index (χ2v) is 5.84. The van der Waals surface area contributed by atoms with Crippen molar-refractivity contribution in [1.29, 1.82) is 0 Å². The van der Waals surface area contributed by atoms with Crippen LogP contribution in [0.1, 0.15) is 45.6 Å². The van der Waals surface area contributed by atoms with Crippen LogP contribution in [0.2, 0.25) is 0 Å². The van der Waals surface area contributed by atoms with Crippen LogP contribution in [-0.2, 0) is 9.53 Å². The van der Waals surface area contributed by atoms with Gasteiger partial charge in [-0.3, -0.25) is 4.79 Å². The van der Waals surface area contributed by atoms with Gasteiger partial charge in [-0.1, -0.05) is 44.2 Å². The Balaban J connectivity index is 2.92. The van der Waals surface area contributed by atoms with Gasteiger partial charge in [0.2, 0.25) is 0 Å². The van der Waals surface area contributed by atoms with Crippen molar-refractivity contribution in [3.8, 4) is 0 Å². The fourth-order valence-electron chi connectivity index (χ4n) is 2.35. The predicted molar refractivity (Wildman–Crippen MR) is 74.4 cm³/mol. The number of hydrogen-bond donors (Lipinski definition) is 0. The number of hydrogen-bond acceptors (Lipinski definition) is 2. The van der Waals surface area contributed by atoms with Crippen LogP contribution in [0, 0.1) is 11.3 Å². The number of esters is 1. The van der Waals surface area contributed by atoms with Gasteiger partial charge < -0.3 is 4.74 Å². The van der Waals surface area contributed by atoms with Gasteiger partial charge >= 0.3 is 5.97 Å². The van der Waals surface area contributed by atoms with Gasteiger partial charge in [0.1, 0.15) is 0 Å². The van der Waals surface area contributed by atoms with Crippen molar-refractivity contribution < 1.29 is 9.53 Å². The molecular formula is C16H24O2. The first-order chi connectivity index (χ1) is 8.38. The van der Waals surface area contributed by atoms with Crippen LogP contribution < -0.4 is 0 Å². The lowest BCUT2D eigenvalue weighted by atomic mass is 9.75. The molecule has 0 aliphatic heterocycles. The van der Waals surface area contributed by atoms with E-state index in [-0.39, 0.29) is 5.97 Å². The normalized spacial score (nSPS) is 13.4. The summed E-state index contributed by atoms with van der Waals surface area (Å²) in [5.41, 5.74) is 0.851. The zero-order valence-corrected chi connectivity index (χ0v) is 12.1. The highest BCUT2D eigenvalue weighted by molar-refractivity contribution is 5.75. The third-order valence-electron chi connectivity index (χ3n) is 3.50. The topological polar surface area (TPSA) is 26.3 Å². The molecule has 1 rings (SSSR count). The molecule has 0 spiro atoms. The van der Waals surface area contributed by atoms with E-state index in [1.165, 1.54) is 12.7 Å². The van der Waals surface area contributed by atoms with Crippen molar-refractivity contribution in [3.05, 3.63) is 35.9 Å². The first kappa shape index (κ1) is 14.7. The van der Waals surface area contributed by atoms with Gasteiger partial charge in [0.05, 0.1) is 12.5 Å². The average Bonchev–Trinajstić information content (AvgIpc) is 2.35. The third-order valence-corrected chi connectivity index (χ3v) is 3.50. The molecule has 0 aromatic heterocycles. The minimum Gasteiger partial charge on any atom is -0.469 e. The highest BCUT2D eigenvalue weighted by atomic mass is 16.5. The van der Waals surface area contributed by atoms with Gasteiger partial charge in [-0.05, 0) is 37.7 Å². The second kappa shape index (κ2) is 6.03. The minimum absolute atomic E-state index is 0.135. The Bertz CT molecular complexity index is 379. The summed E-state index contributed by atoms with van der Waals surface area (Å²) in [5, 5.41) is 0. The Morgan fingerprint density at radius 2 is 1.78 bits per heavy atom. The number of ether oxygens (including phenoxy) is 1. The number of methoxy groups -OCH3 is 1. The van der Waals surface area contributed by atoms with E-state index >= 15 is 0 Å². The maximum Gasteiger partial charge on any atom is 0.311 e. The largest absolute Gasteiger partial charge is 0.469 e. The molecule has 0 saturated carbocycles. The van der Waals surface area contributed by atoms with Gasteiger partial charge in [0.25, 0.3) is 0 Å². The summed E-state index contributed by atoms with van der Waals surface area (Å²) in [6, 6.07) is 10.4. The first-order valence-electron chi connectivity index (χ1n) is 6.52. The summed E-state index contributed by atoms with van der Waals surface area (Å²) >= 11 is 0. The molecule has 0 aliphatic rings. The second-order valence-electron chi connectivity index (χ2n) is 5.84. The molecular weight excluding hydrogens is 224 g/mol. The van der Waals surface area contributed by atoms with E-state index in [2.05, 4.69) is 38.1 Å². The molecule has 0 amide bonds. The lowest BCUT2D eigenvalue weighted by Gasteiger charge is -2.30. The van der Waals surface area contributed by atoms with E-state index in [1.54, 1.807) is 0 Å². The van der Waals surface area contributed by atoms with E-state index in [1.807, 2.05) is 19.9 Å². The summed E-state index contributed by atoms with van der Waals surface area (Å²) in [4.78, 5) is 11.8. The van der Waals surface area contributed by atoms with E-state index in [9.17, 15) is 4.79 Å². The maximum atomic E-state index is 11.8. The fraction of sp³-hybridized carbons (Fsp3) is 0.562. The molecule has 0 radical (unpaired) electrons. The van der Waals surface area contributed by atoms with Crippen molar-refractivity contribution in [2.45, 2.75) is 40.0 Å². The highest BCUT2D eigenvalue weighted by Crippen LogP contribution is 2.37. The van der Waals surface area contributed by atoms with Crippen molar-refractivity contribution in [2.24, 2.45) is 11.3 Å². The minimum atomic E-state index is -0.445. The molecule has 0 N–H and O–H groups in total. The Labute approximate surface area is 110 Å². The Kier molecular flexibility index (Phi) is 4.94. The summed E-state index contributed by atoms with van der Waals surface area (Å²) < 4.78 is 4.89. The molecule has 1 atom stereocenters. The molecule has 1 unspecified atom stereocenters. The molecule has 0 heterocycles. The zero-order chi connectivity index (χ0) is 13.8. The van der Waals surface area contributed by atoms with E-state index < -0.39 is 5.41 Å². The number of carbonyl (C=O) groups excluding carboxylic acids is 1. The Morgan fingerprint density at radius 3 is 2.22 bits per heavy atom. The molecule has 1 aromatic carbocycles. The lowest BCUT2D eigenvalue weighted by Crippen LogP contribution is -2.29. The molecule has 0 saturated heterocycles. The Morgan fingerprint density at radius 1 is 1.22 bits per heavy atom. The summed E-state index contributed by atoms with van der Waals surface area (Å²) in [6.45, 7) is 8.31. The number of benzene rings is 1. The number of rotatable bonds is 5. The van der Waals surface area contributed by atoms with Crippen LogP contribution in [-0.4, -0.2) is 13.1 Å². The highest BCUT2D eigenvalue weighted by Gasteiger charge is 2.33. The van der Waals surface area contributed by atoms with Crippen LogP contribution in [0.5, 0.6) is 0 Å². The van der Waals surface area contributed by atoms with E-state index in [0.29, 0.717) is 11.8 Å². The van der Waals surface area contributed by atoms with Crippen molar-refractivity contribution in [3.63, 3.8) is 0 Å². The molecule has 0 aliphatic carbocycles. The number of carbonyl (C=O) groups is 1. The van der Waals surface area contributed by atoms with Gasteiger partial charge in [0.15, 0.2) is 0 Å². The smallest absolute Gasteiger partial charge is 0.311 e. The van der Waals surface area contributed by atoms with Gasteiger partial charge in [-0.2, -0.15) is 0 Å². The molecule has 18 heavy (non-hydrogen) atoms. The van der Waals surface area contributed by atoms with Gasteiger partial charge in [-0.25, -0.2) is 0 Å². The monoisotopic (exact) mass is 248 g/mol.